The van der Waals surface area contributed by atoms with Crippen LogP contribution in [0.5, 0.6) is 0 Å². The highest BCUT2D eigenvalue weighted by molar-refractivity contribution is 6.02. The first-order valence-corrected chi connectivity index (χ1v) is 6.71. The van der Waals surface area contributed by atoms with Gasteiger partial charge in [-0.2, -0.15) is 0 Å². The lowest BCUT2D eigenvalue weighted by molar-refractivity contribution is -0.0106. The Morgan fingerprint density at radius 1 is 1.32 bits per heavy atom. The van der Waals surface area contributed by atoms with E-state index in [-0.39, 0.29) is 11.6 Å². The maximum Gasteiger partial charge on any atom is 0.182 e. The zero-order chi connectivity index (χ0) is 13.9. The van der Waals surface area contributed by atoms with Gasteiger partial charge in [0.15, 0.2) is 5.78 Å². The van der Waals surface area contributed by atoms with Gasteiger partial charge in [0.25, 0.3) is 0 Å². The Morgan fingerprint density at radius 3 is 2.42 bits per heavy atom. The molecule has 1 aromatic carbocycles. The molecule has 0 aliphatic carbocycles. The predicted octanol–water partition coefficient (Wildman–Crippen LogP) is 2.51. The first-order valence-electron chi connectivity index (χ1n) is 6.71. The zero-order valence-electron chi connectivity index (χ0n) is 11.5. The lowest BCUT2D eigenvalue weighted by Gasteiger charge is -2.41. The van der Waals surface area contributed by atoms with E-state index in [1.165, 1.54) is 12.1 Å². The Hall–Kier alpha value is -1.26. The Bertz CT molecular complexity index is 440. The van der Waals surface area contributed by atoms with Gasteiger partial charge in [0.2, 0.25) is 0 Å². The van der Waals surface area contributed by atoms with Crippen molar-refractivity contribution < 1.29 is 13.9 Å². The van der Waals surface area contributed by atoms with E-state index in [2.05, 4.69) is 4.90 Å². The third-order valence-corrected chi connectivity index (χ3v) is 3.99. The summed E-state index contributed by atoms with van der Waals surface area (Å²) in [7, 11) is 0. The van der Waals surface area contributed by atoms with E-state index in [0.717, 1.165) is 19.5 Å². The Balaban J connectivity index is 2.24. The fraction of sp³-hybridized carbons (Fsp3) is 0.533. The lowest BCUT2D eigenvalue weighted by atomic mass is 9.86. The van der Waals surface area contributed by atoms with Gasteiger partial charge in [-0.25, -0.2) is 4.39 Å². The summed E-state index contributed by atoms with van der Waals surface area (Å²) in [6.45, 7) is 6.81. The molecule has 0 aromatic heterocycles. The summed E-state index contributed by atoms with van der Waals surface area (Å²) in [6, 6.07) is 5.79. The van der Waals surface area contributed by atoms with E-state index in [9.17, 15) is 9.18 Å². The van der Waals surface area contributed by atoms with Crippen LogP contribution < -0.4 is 0 Å². The maximum absolute atomic E-state index is 12.9. The monoisotopic (exact) mass is 265 g/mol. The third kappa shape index (κ3) is 2.85. The van der Waals surface area contributed by atoms with Gasteiger partial charge in [-0.05, 0) is 37.6 Å². The van der Waals surface area contributed by atoms with Crippen molar-refractivity contribution in [1.82, 2.24) is 4.90 Å². The van der Waals surface area contributed by atoms with Crippen LogP contribution in [0.3, 0.4) is 0 Å². The van der Waals surface area contributed by atoms with Crippen molar-refractivity contribution in [2.75, 3.05) is 26.3 Å². The molecular formula is C15H20FNO2. The van der Waals surface area contributed by atoms with Gasteiger partial charge in [0, 0.05) is 18.7 Å². The maximum atomic E-state index is 12.9. The molecule has 4 heteroatoms. The summed E-state index contributed by atoms with van der Waals surface area (Å²) in [5.74, 6) is -0.266. The van der Waals surface area contributed by atoms with Crippen molar-refractivity contribution in [3.05, 3.63) is 35.6 Å². The summed E-state index contributed by atoms with van der Waals surface area (Å²) in [5.41, 5.74) is 0.0268. The van der Waals surface area contributed by atoms with Gasteiger partial charge in [0.1, 0.15) is 5.82 Å². The number of hydrogen-bond acceptors (Lipinski definition) is 3. The molecule has 1 aliphatic rings. The molecule has 0 saturated carbocycles. The number of halogens is 1. The molecule has 104 valence electrons. The Morgan fingerprint density at radius 2 is 1.89 bits per heavy atom. The van der Waals surface area contributed by atoms with Gasteiger partial charge in [-0.1, -0.05) is 6.92 Å². The van der Waals surface area contributed by atoms with Crippen LogP contribution in [0.1, 0.15) is 30.6 Å². The quantitative estimate of drug-likeness (QED) is 0.783. The van der Waals surface area contributed by atoms with Crippen molar-refractivity contribution in [3.63, 3.8) is 0 Å². The molecule has 2 rings (SSSR count). The summed E-state index contributed by atoms with van der Waals surface area (Å²) in [4.78, 5) is 14.9. The molecule has 1 unspecified atom stereocenters. The second-order valence-electron chi connectivity index (χ2n) is 5.06. The second kappa shape index (κ2) is 5.80. The number of morpholine rings is 1. The van der Waals surface area contributed by atoms with Crippen molar-refractivity contribution in [3.8, 4) is 0 Å². The highest BCUT2D eigenvalue weighted by Gasteiger charge is 2.38. The van der Waals surface area contributed by atoms with Gasteiger partial charge in [-0.15, -0.1) is 0 Å². The minimum atomic E-state index is -0.540. The minimum absolute atomic E-state index is 0.0527. The molecular weight excluding hydrogens is 245 g/mol. The van der Waals surface area contributed by atoms with Crippen LogP contribution in [-0.2, 0) is 4.74 Å². The van der Waals surface area contributed by atoms with Crippen LogP contribution in [0.15, 0.2) is 24.3 Å². The van der Waals surface area contributed by atoms with Crippen LogP contribution in [0.4, 0.5) is 4.39 Å². The second-order valence-corrected chi connectivity index (χ2v) is 5.06. The van der Waals surface area contributed by atoms with Crippen molar-refractivity contribution in [2.24, 2.45) is 0 Å². The van der Waals surface area contributed by atoms with Crippen LogP contribution in [0.2, 0.25) is 0 Å². The summed E-state index contributed by atoms with van der Waals surface area (Å²) < 4.78 is 18.3. The number of Topliss-reactive ketones (excluding diaryl/α,β-unsaturated/α-hetero) is 1. The highest BCUT2D eigenvalue weighted by atomic mass is 19.1. The third-order valence-electron chi connectivity index (χ3n) is 3.99. The Labute approximate surface area is 113 Å². The van der Waals surface area contributed by atoms with Crippen molar-refractivity contribution in [1.29, 1.82) is 0 Å². The average Bonchev–Trinajstić information content (AvgIpc) is 2.47. The number of ketones is 1. The molecule has 0 amide bonds. The first kappa shape index (κ1) is 14.2. The molecule has 0 spiro atoms. The smallest absolute Gasteiger partial charge is 0.182 e. The standard InChI is InChI=1S/C15H20FNO2/c1-3-15(2,17-8-10-19-11-9-17)14(18)12-4-6-13(16)7-5-12/h4-7H,3,8-11H2,1-2H3. The van der Waals surface area contributed by atoms with E-state index in [1.807, 2.05) is 13.8 Å². The molecule has 1 aliphatic heterocycles. The minimum Gasteiger partial charge on any atom is -0.379 e. The van der Waals surface area contributed by atoms with E-state index < -0.39 is 5.54 Å². The van der Waals surface area contributed by atoms with E-state index >= 15 is 0 Å². The van der Waals surface area contributed by atoms with Gasteiger partial charge in [0.05, 0.1) is 18.8 Å². The highest BCUT2D eigenvalue weighted by Crippen LogP contribution is 2.25. The number of carbonyl (C=O) groups is 1. The molecule has 1 saturated heterocycles. The first-order chi connectivity index (χ1) is 9.08. The number of ether oxygens (including phenoxy) is 1. The molecule has 1 fully saturated rings. The van der Waals surface area contributed by atoms with Crippen LogP contribution in [0, 0.1) is 5.82 Å². The van der Waals surface area contributed by atoms with Crippen LogP contribution in [0.25, 0.3) is 0 Å². The van der Waals surface area contributed by atoms with E-state index in [1.54, 1.807) is 12.1 Å². The van der Waals surface area contributed by atoms with Gasteiger partial charge < -0.3 is 4.74 Å². The number of rotatable bonds is 4. The van der Waals surface area contributed by atoms with Crippen molar-refractivity contribution >= 4 is 5.78 Å². The summed E-state index contributed by atoms with van der Waals surface area (Å²) in [6.07, 6.45) is 0.725. The molecule has 3 nitrogen and oxygen atoms in total. The largest absolute Gasteiger partial charge is 0.379 e. The van der Waals surface area contributed by atoms with Crippen LogP contribution in [-0.4, -0.2) is 42.5 Å². The summed E-state index contributed by atoms with van der Waals surface area (Å²) in [5, 5.41) is 0. The number of benzene rings is 1. The van der Waals surface area contributed by atoms with E-state index in [4.69, 9.17) is 4.74 Å². The molecule has 1 heterocycles. The lowest BCUT2D eigenvalue weighted by Crippen LogP contribution is -2.56. The van der Waals surface area contributed by atoms with Crippen LogP contribution >= 0.6 is 0 Å². The molecule has 0 bridgehead atoms. The van der Waals surface area contributed by atoms with E-state index in [0.29, 0.717) is 18.8 Å². The molecule has 1 atom stereocenters. The number of carbonyl (C=O) groups excluding carboxylic acids is 1. The fourth-order valence-corrected chi connectivity index (χ4v) is 2.50. The SMILES string of the molecule is CCC(C)(C(=O)c1ccc(F)cc1)N1CCOCC1. The average molecular weight is 265 g/mol. The predicted molar refractivity (Wildman–Crippen MR) is 71.8 cm³/mol. The molecule has 19 heavy (non-hydrogen) atoms. The fourth-order valence-electron chi connectivity index (χ4n) is 2.50. The number of hydrogen-bond donors (Lipinski definition) is 0. The molecule has 0 radical (unpaired) electrons. The topological polar surface area (TPSA) is 29.5 Å². The van der Waals surface area contributed by atoms with Gasteiger partial charge >= 0.3 is 0 Å². The zero-order valence-corrected chi connectivity index (χ0v) is 11.5. The summed E-state index contributed by atoms with van der Waals surface area (Å²) >= 11 is 0. The normalized spacial score (nSPS) is 19.9. The Kier molecular flexibility index (Phi) is 4.32. The molecule has 0 N–H and O–H groups in total. The number of nitrogens with zero attached hydrogens (tertiary/aromatic N) is 1. The van der Waals surface area contributed by atoms with Crippen molar-refractivity contribution in [2.45, 2.75) is 25.8 Å². The van der Waals surface area contributed by atoms with Gasteiger partial charge in [-0.3, -0.25) is 9.69 Å². The molecule has 1 aromatic rings.